The molecule has 1 aromatic heterocycles. The summed E-state index contributed by atoms with van der Waals surface area (Å²) < 4.78 is 30.1. The van der Waals surface area contributed by atoms with E-state index in [9.17, 15) is 13.2 Å². The summed E-state index contributed by atoms with van der Waals surface area (Å²) in [5.41, 5.74) is 12.3. The van der Waals surface area contributed by atoms with Crippen LogP contribution in [0.5, 0.6) is 11.5 Å². The second kappa shape index (κ2) is 10.8. The monoisotopic (exact) mass is 482 g/mol. The number of halogens is 2. The first kappa shape index (κ1) is 25.9. The minimum atomic E-state index is -3.69. The summed E-state index contributed by atoms with van der Waals surface area (Å²) in [5, 5.41) is 0. The molecule has 0 atom stereocenters. The molecule has 0 fully saturated rings. The van der Waals surface area contributed by atoms with Crippen LogP contribution in [0.3, 0.4) is 0 Å². The maximum Gasteiger partial charge on any atom is 0.280 e. The van der Waals surface area contributed by atoms with Gasteiger partial charge in [0.25, 0.3) is 5.91 Å². The van der Waals surface area contributed by atoms with Gasteiger partial charge in [-0.3, -0.25) is 9.78 Å². The first-order chi connectivity index (χ1) is 13.7. The Bertz CT molecular complexity index is 1180. The number of pyridine rings is 1. The van der Waals surface area contributed by atoms with Crippen molar-refractivity contribution < 1.29 is 17.9 Å². The van der Waals surface area contributed by atoms with E-state index in [-0.39, 0.29) is 41.0 Å². The number of ether oxygens (including phenoxy) is 1. The molecule has 0 saturated carbocycles. The molecular weight excluding hydrogens is 463 g/mol. The number of carbonyl (C=O) groups is 1. The summed E-state index contributed by atoms with van der Waals surface area (Å²) in [7, 11) is -3.69. The van der Waals surface area contributed by atoms with E-state index in [1.54, 1.807) is 24.5 Å². The van der Waals surface area contributed by atoms with Gasteiger partial charge >= 0.3 is 0 Å². The van der Waals surface area contributed by atoms with Crippen LogP contribution >= 0.6 is 24.8 Å². The highest BCUT2D eigenvalue weighted by molar-refractivity contribution is 7.90. The number of nitrogens with two attached hydrogens (primary N) is 2. The second-order valence-corrected chi connectivity index (χ2v) is 8.13. The number of aromatic nitrogens is 1. The molecule has 3 aromatic rings. The van der Waals surface area contributed by atoms with Crippen LogP contribution in [0.2, 0.25) is 0 Å². The fraction of sp³-hybridized carbons (Fsp3) is 0.0500. The van der Waals surface area contributed by atoms with Crippen molar-refractivity contribution in [2.45, 2.75) is 4.90 Å². The Morgan fingerprint density at radius 2 is 1.68 bits per heavy atom. The van der Waals surface area contributed by atoms with Gasteiger partial charge in [-0.25, -0.2) is 8.42 Å². The van der Waals surface area contributed by atoms with Gasteiger partial charge in [-0.05, 0) is 47.5 Å². The SMILES string of the molecule is CS(=O)(=O)c1cc(C(=O)N=C(N)N)ccc1Oc1ccc(-c2cccnc2)cc1.Cl.Cl. The Labute approximate surface area is 192 Å². The van der Waals surface area contributed by atoms with E-state index in [1.807, 2.05) is 24.3 Å². The molecule has 0 bridgehead atoms. The summed E-state index contributed by atoms with van der Waals surface area (Å²) in [6.07, 6.45) is 4.45. The third kappa shape index (κ3) is 6.68. The van der Waals surface area contributed by atoms with Gasteiger partial charge in [0, 0.05) is 24.2 Å². The third-order valence-corrected chi connectivity index (χ3v) is 5.02. The Hall–Kier alpha value is -3.14. The Morgan fingerprint density at radius 1 is 1.00 bits per heavy atom. The van der Waals surface area contributed by atoms with Crippen LogP contribution in [-0.4, -0.2) is 31.5 Å². The third-order valence-electron chi connectivity index (χ3n) is 3.90. The number of rotatable bonds is 5. The lowest BCUT2D eigenvalue weighted by atomic mass is 10.1. The molecule has 164 valence electrons. The van der Waals surface area contributed by atoms with E-state index in [4.69, 9.17) is 16.2 Å². The summed E-state index contributed by atoms with van der Waals surface area (Å²) in [6, 6.07) is 14.8. The van der Waals surface area contributed by atoms with Gasteiger partial charge in [0.15, 0.2) is 15.8 Å². The molecule has 0 aliphatic carbocycles. The maximum absolute atomic E-state index is 12.2. The van der Waals surface area contributed by atoms with Gasteiger partial charge in [0.2, 0.25) is 0 Å². The minimum Gasteiger partial charge on any atom is -0.456 e. The van der Waals surface area contributed by atoms with Crippen molar-refractivity contribution >= 4 is 46.5 Å². The fourth-order valence-electron chi connectivity index (χ4n) is 2.57. The van der Waals surface area contributed by atoms with Crippen molar-refractivity contribution in [3.63, 3.8) is 0 Å². The second-order valence-electron chi connectivity index (χ2n) is 6.14. The molecule has 11 heteroatoms. The molecule has 0 saturated heterocycles. The molecule has 0 radical (unpaired) electrons. The topological polar surface area (TPSA) is 138 Å². The molecule has 0 unspecified atom stereocenters. The predicted molar refractivity (Wildman–Crippen MR) is 124 cm³/mol. The number of carbonyl (C=O) groups excluding carboxylic acids is 1. The molecule has 1 amide bonds. The molecule has 8 nitrogen and oxygen atoms in total. The van der Waals surface area contributed by atoms with Crippen molar-refractivity contribution in [1.82, 2.24) is 4.98 Å². The van der Waals surface area contributed by atoms with E-state index < -0.39 is 21.7 Å². The van der Waals surface area contributed by atoms with Gasteiger partial charge in [0.1, 0.15) is 16.4 Å². The maximum atomic E-state index is 12.2. The smallest absolute Gasteiger partial charge is 0.280 e. The molecule has 4 N–H and O–H groups in total. The lowest BCUT2D eigenvalue weighted by Gasteiger charge is -2.12. The first-order valence-electron chi connectivity index (χ1n) is 8.40. The summed E-state index contributed by atoms with van der Waals surface area (Å²) in [5.74, 6) is -0.638. The summed E-state index contributed by atoms with van der Waals surface area (Å²) >= 11 is 0. The highest BCUT2D eigenvalue weighted by atomic mass is 35.5. The van der Waals surface area contributed by atoms with Crippen molar-refractivity contribution in [1.29, 1.82) is 0 Å². The number of amides is 1. The van der Waals surface area contributed by atoms with Crippen LogP contribution in [0.4, 0.5) is 0 Å². The van der Waals surface area contributed by atoms with Crippen LogP contribution in [0.1, 0.15) is 10.4 Å². The van der Waals surface area contributed by atoms with Gasteiger partial charge in [0.05, 0.1) is 0 Å². The average molecular weight is 483 g/mol. The Morgan fingerprint density at radius 3 is 2.23 bits per heavy atom. The molecular formula is C20H20Cl2N4O4S. The molecule has 2 aromatic carbocycles. The molecule has 0 aliphatic heterocycles. The zero-order chi connectivity index (χ0) is 21.0. The lowest BCUT2D eigenvalue weighted by Crippen LogP contribution is -2.24. The molecule has 0 aliphatic rings. The standard InChI is InChI=1S/C20H18N4O4S.2ClH/c1-29(26,27)18-11-14(19(25)24-20(21)22)6-9-17(18)28-16-7-4-13(5-8-16)15-3-2-10-23-12-15;;/h2-12H,1H3,(H4,21,22,24,25);2*1H. The van der Waals surface area contributed by atoms with Gasteiger partial charge in [-0.15, -0.1) is 24.8 Å². The molecule has 31 heavy (non-hydrogen) atoms. The highest BCUT2D eigenvalue weighted by Crippen LogP contribution is 2.31. The number of nitrogens with zero attached hydrogens (tertiary/aromatic N) is 2. The quantitative estimate of drug-likeness (QED) is 0.420. The first-order valence-corrected chi connectivity index (χ1v) is 10.3. The van der Waals surface area contributed by atoms with E-state index >= 15 is 0 Å². The highest BCUT2D eigenvalue weighted by Gasteiger charge is 2.18. The van der Waals surface area contributed by atoms with Gasteiger partial charge in [-0.2, -0.15) is 4.99 Å². The summed E-state index contributed by atoms with van der Waals surface area (Å²) in [4.78, 5) is 19.3. The Balaban J connectivity index is 0.00000240. The average Bonchev–Trinajstić information content (AvgIpc) is 2.68. The predicted octanol–water partition coefficient (Wildman–Crippen LogP) is 3.20. The number of hydrogen-bond donors (Lipinski definition) is 2. The normalized spacial score (nSPS) is 10.2. The number of aliphatic imine (C=N–C) groups is 1. The van der Waals surface area contributed by atoms with Crippen LogP contribution in [0, 0.1) is 0 Å². The van der Waals surface area contributed by atoms with E-state index in [0.29, 0.717) is 5.75 Å². The van der Waals surface area contributed by atoms with E-state index in [0.717, 1.165) is 17.4 Å². The fourth-order valence-corrected chi connectivity index (χ4v) is 3.39. The number of hydrogen-bond acceptors (Lipinski definition) is 5. The molecule has 0 spiro atoms. The van der Waals surface area contributed by atoms with Crippen molar-refractivity contribution in [3.05, 3.63) is 72.6 Å². The molecule has 3 rings (SSSR count). The summed E-state index contributed by atoms with van der Waals surface area (Å²) in [6.45, 7) is 0. The van der Waals surface area contributed by atoms with Crippen molar-refractivity contribution in [2.75, 3.05) is 6.26 Å². The van der Waals surface area contributed by atoms with Crippen LogP contribution in [0.15, 0.2) is 76.9 Å². The number of benzene rings is 2. The lowest BCUT2D eigenvalue weighted by molar-refractivity contribution is 0.100. The number of sulfone groups is 1. The van der Waals surface area contributed by atoms with Crippen LogP contribution in [-0.2, 0) is 9.84 Å². The van der Waals surface area contributed by atoms with Crippen LogP contribution in [0.25, 0.3) is 11.1 Å². The van der Waals surface area contributed by atoms with E-state index in [1.165, 1.54) is 18.2 Å². The number of guanidine groups is 1. The largest absolute Gasteiger partial charge is 0.456 e. The van der Waals surface area contributed by atoms with Crippen LogP contribution < -0.4 is 16.2 Å². The van der Waals surface area contributed by atoms with E-state index in [2.05, 4.69) is 9.98 Å². The van der Waals surface area contributed by atoms with Gasteiger partial charge < -0.3 is 16.2 Å². The Kier molecular flexibility index (Phi) is 8.99. The van der Waals surface area contributed by atoms with Crippen molar-refractivity contribution in [2.24, 2.45) is 16.5 Å². The van der Waals surface area contributed by atoms with Crippen molar-refractivity contribution in [3.8, 4) is 22.6 Å². The van der Waals surface area contributed by atoms with Gasteiger partial charge in [-0.1, -0.05) is 18.2 Å². The zero-order valence-corrected chi connectivity index (χ0v) is 18.7. The minimum absolute atomic E-state index is 0. The molecule has 1 heterocycles. The zero-order valence-electron chi connectivity index (χ0n) is 16.3.